The molecule has 1 atom stereocenters. The first kappa shape index (κ1) is 13.2. The molecular weight excluding hydrogens is 276 g/mol. The van der Waals surface area contributed by atoms with Crippen molar-refractivity contribution in [2.75, 3.05) is 6.54 Å². The summed E-state index contributed by atoms with van der Waals surface area (Å²) in [7, 11) is 0. The van der Waals surface area contributed by atoms with E-state index in [0.29, 0.717) is 6.54 Å². The van der Waals surface area contributed by atoms with Crippen LogP contribution in [-0.4, -0.2) is 39.5 Å². The van der Waals surface area contributed by atoms with E-state index in [1.807, 2.05) is 12.1 Å². The summed E-state index contributed by atoms with van der Waals surface area (Å²) in [6, 6.07) is 8.17. The zero-order chi connectivity index (χ0) is 14.1. The third-order valence-electron chi connectivity index (χ3n) is 3.44. The maximum Gasteiger partial charge on any atom is 0.352 e. The Bertz CT molecular complexity index is 575. The van der Waals surface area contributed by atoms with Crippen LogP contribution in [0.1, 0.15) is 18.4 Å². The summed E-state index contributed by atoms with van der Waals surface area (Å²) in [6.07, 6.45) is 1.35. The van der Waals surface area contributed by atoms with Crippen molar-refractivity contribution < 1.29 is 14.7 Å². The van der Waals surface area contributed by atoms with Crippen LogP contribution >= 0.6 is 11.8 Å². The molecule has 1 amide bonds. The fourth-order valence-electron chi connectivity index (χ4n) is 2.45. The van der Waals surface area contributed by atoms with Crippen LogP contribution < -0.4 is 0 Å². The van der Waals surface area contributed by atoms with E-state index in [0.717, 1.165) is 6.42 Å². The van der Waals surface area contributed by atoms with Crippen molar-refractivity contribution in [2.45, 2.75) is 29.4 Å². The minimum absolute atomic E-state index is 0.0742. The standard InChI is InChI=1S/C14H14N2O3S/c17-13-6-5-11(14(18)19)15-16(13)8-10-7-9-3-1-2-4-12(9)20-10/h1-4,10H,5-8H2,(H,18,19). The first-order valence-electron chi connectivity index (χ1n) is 6.49. The third-order valence-corrected chi connectivity index (χ3v) is 4.74. The van der Waals surface area contributed by atoms with Crippen molar-refractivity contribution in [1.29, 1.82) is 0 Å². The van der Waals surface area contributed by atoms with Gasteiger partial charge in [0.15, 0.2) is 0 Å². The Morgan fingerprint density at radius 1 is 1.40 bits per heavy atom. The number of nitrogens with zero attached hydrogens (tertiary/aromatic N) is 2. The predicted octanol–water partition coefficient (Wildman–Crippen LogP) is 1.77. The van der Waals surface area contributed by atoms with Gasteiger partial charge in [0.25, 0.3) is 0 Å². The van der Waals surface area contributed by atoms with Gasteiger partial charge in [-0.25, -0.2) is 9.80 Å². The Hall–Kier alpha value is -1.82. The second-order valence-corrected chi connectivity index (χ2v) is 6.22. The molecule has 0 saturated carbocycles. The fraction of sp³-hybridized carbons (Fsp3) is 0.357. The maximum absolute atomic E-state index is 11.8. The molecule has 1 aromatic carbocycles. The monoisotopic (exact) mass is 290 g/mol. The molecule has 1 unspecified atom stereocenters. The highest BCUT2D eigenvalue weighted by molar-refractivity contribution is 8.00. The second kappa shape index (κ2) is 5.28. The SMILES string of the molecule is O=C(O)C1=NN(CC2Cc3ccccc3S2)C(=O)CC1. The fourth-order valence-corrected chi connectivity index (χ4v) is 3.74. The molecule has 0 saturated heterocycles. The molecule has 0 aromatic heterocycles. The molecule has 5 nitrogen and oxygen atoms in total. The van der Waals surface area contributed by atoms with Crippen molar-refractivity contribution in [3.8, 4) is 0 Å². The van der Waals surface area contributed by atoms with Gasteiger partial charge in [-0.3, -0.25) is 4.79 Å². The van der Waals surface area contributed by atoms with E-state index in [4.69, 9.17) is 5.11 Å². The average molecular weight is 290 g/mol. The van der Waals surface area contributed by atoms with Gasteiger partial charge in [-0.2, -0.15) is 5.10 Å². The van der Waals surface area contributed by atoms with Crippen LogP contribution in [0.4, 0.5) is 0 Å². The summed E-state index contributed by atoms with van der Waals surface area (Å²) < 4.78 is 0. The van der Waals surface area contributed by atoms with E-state index in [1.54, 1.807) is 11.8 Å². The number of benzene rings is 1. The summed E-state index contributed by atoms with van der Waals surface area (Å²) in [6.45, 7) is 0.467. The number of hydrogen-bond acceptors (Lipinski definition) is 4. The summed E-state index contributed by atoms with van der Waals surface area (Å²) in [4.78, 5) is 24.0. The van der Waals surface area contributed by atoms with Gasteiger partial charge in [-0.15, -0.1) is 11.8 Å². The van der Waals surface area contributed by atoms with Crippen molar-refractivity contribution in [3.05, 3.63) is 29.8 Å². The van der Waals surface area contributed by atoms with Crippen LogP contribution in [0.2, 0.25) is 0 Å². The highest BCUT2D eigenvalue weighted by Crippen LogP contribution is 2.37. The number of aliphatic carboxylic acids is 1. The molecular formula is C14H14N2O3S. The van der Waals surface area contributed by atoms with E-state index in [-0.39, 0.29) is 29.7 Å². The van der Waals surface area contributed by atoms with E-state index in [1.165, 1.54) is 15.5 Å². The molecule has 0 fully saturated rings. The average Bonchev–Trinajstić information content (AvgIpc) is 2.83. The minimum atomic E-state index is -1.04. The Kier molecular flexibility index (Phi) is 3.48. The minimum Gasteiger partial charge on any atom is -0.477 e. The smallest absolute Gasteiger partial charge is 0.352 e. The zero-order valence-electron chi connectivity index (χ0n) is 10.8. The Labute approximate surface area is 120 Å². The topological polar surface area (TPSA) is 70.0 Å². The van der Waals surface area contributed by atoms with Crippen molar-refractivity contribution in [2.24, 2.45) is 5.10 Å². The molecule has 6 heteroatoms. The van der Waals surface area contributed by atoms with Crippen molar-refractivity contribution in [3.63, 3.8) is 0 Å². The molecule has 1 aromatic rings. The molecule has 2 aliphatic heterocycles. The number of hydrazone groups is 1. The number of hydrogen-bond donors (Lipinski definition) is 1. The number of carboxylic acids is 1. The van der Waals surface area contributed by atoms with Crippen molar-refractivity contribution >= 4 is 29.4 Å². The van der Waals surface area contributed by atoms with Gasteiger partial charge in [0.1, 0.15) is 5.71 Å². The number of carbonyl (C=O) groups excluding carboxylic acids is 1. The van der Waals surface area contributed by atoms with Crippen LogP contribution in [0.5, 0.6) is 0 Å². The zero-order valence-corrected chi connectivity index (χ0v) is 11.6. The lowest BCUT2D eigenvalue weighted by molar-refractivity contribution is -0.132. The predicted molar refractivity (Wildman–Crippen MR) is 75.8 cm³/mol. The van der Waals surface area contributed by atoms with E-state index in [2.05, 4.69) is 17.2 Å². The molecule has 0 spiro atoms. The number of amides is 1. The number of carbonyl (C=O) groups is 2. The maximum atomic E-state index is 11.8. The van der Waals surface area contributed by atoms with Gasteiger partial charge in [0.2, 0.25) is 5.91 Å². The molecule has 2 aliphatic rings. The van der Waals surface area contributed by atoms with Gasteiger partial charge < -0.3 is 5.11 Å². The Morgan fingerprint density at radius 3 is 2.95 bits per heavy atom. The summed E-state index contributed by atoms with van der Waals surface area (Å²) in [5.74, 6) is -1.13. The highest BCUT2D eigenvalue weighted by atomic mass is 32.2. The first-order valence-corrected chi connectivity index (χ1v) is 7.37. The van der Waals surface area contributed by atoms with E-state index < -0.39 is 5.97 Å². The molecule has 1 N–H and O–H groups in total. The van der Waals surface area contributed by atoms with Crippen molar-refractivity contribution in [1.82, 2.24) is 5.01 Å². The summed E-state index contributed by atoms with van der Waals surface area (Å²) in [5.41, 5.74) is 1.36. The van der Waals surface area contributed by atoms with Gasteiger partial charge in [0, 0.05) is 23.0 Å². The van der Waals surface area contributed by atoms with Gasteiger partial charge in [0.05, 0.1) is 6.54 Å². The highest BCUT2D eigenvalue weighted by Gasteiger charge is 2.29. The van der Waals surface area contributed by atoms with Gasteiger partial charge in [-0.05, 0) is 18.1 Å². The largest absolute Gasteiger partial charge is 0.477 e. The molecule has 0 aliphatic carbocycles. The normalized spacial score (nSPS) is 21.6. The molecule has 0 bridgehead atoms. The van der Waals surface area contributed by atoms with Crippen LogP contribution in [0.3, 0.4) is 0 Å². The van der Waals surface area contributed by atoms with Gasteiger partial charge >= 0.3 is 5.97 Å². The molecule has 0 radical (unpaired) electrons. The number of fused-ring (bicyclic) bond motifs is 1. The quantitative estimate of drug-likeness (QED) is 0.921. The van der Waals surface area contributed by atoms with E-state index >= 15 is 0 Å². The van der Waals surface area contributed by atoms with Crippen LogP contribution in [-0.2, 0) is 16.0 Å². The summed E-state index contributed by atoms with van der Waals surface area (Å²) in [5, 5.41) is 14.5. The van der Waals surface area contributed by atoms with Crippen LogP contribution in [0.15, 0.2) is 34.3 Å². The lowest BCUT2D eigenvalue weighted by atomic mass is 10.1. The van der Waals surface area contributed by atoms with E-state index in [9.17, 15) is 9.59 Å². The van der Waals surface area contributed by atoms with Crippen LogP contribution in [0, 0.1) is 0 Å². The first-order chi connectivity index (χ1) is 9.63. The number of rotatable bonds is 3. The third kappa shape index (κ3) is 2.56. The summed E-state index contributed by atoms with van der Waals surface area (Å²) >= 11 is 1.73. The van der Waals surface area contributed by atoms with Gasteiger partial charge in [-0.1, -0.05) is 18.2 Å². The lowest BCUT2D eigenvalue weighted by Crippen LogP contribution is -2.38. The molecule has 3 rings (SSSR count). The Balaban J connectivity index is 1.71. The van der Waals surface area contributed by atoms with Crippen LogP contribution in [0.25, 0.3) is 0 Å². The molecule has 20 heavy (non-hydrogen) atoms. The number of carboxylic acid groups (broad SMARTS) is 1. The number of thioether (sulfide) groups is 1. The lowest BCUT2D eigenvalue weighted by Gasteiger charge is -2.24. The molecule has 2 heterocycles. The second-order valence-electron chi connectivity index (χ2n) is 4.88. The Morgan fingerprint density at radius 2 is 2.20 bits per heavy atom. The molecule has 104 valence electrons.